The molecule has 0 spiro atoms. The Kier molecular flexibility index (Phi) is 4.50. The Balaban J connectivity index is 1.70. The molecule has 3 rings (SSSR count). The summed E-state index contributed by atoms with van der Waals surface area (Å²) in [7, 11) is 1.59. The Morgan fingerprint density at radius 3 is 2.79 bits per heavy atom. The summed E-state index contributed by atoms with van der Waals surface area (Å²) in [6, 6.07) is 9.04. The van der Waals surface area contributed by atoms with E-state index in [4.69, 9.17) is 4.74 Å². The van der Waals surface area contributed by atoms with Gasteiger partial charge in [-0.05, 0) is 25.1 Å². The number of nitrogens with zero attached hydrogens (tertiary/aromatic N) is 4. The quantitative estimate of drug-likeness (QED) is 0.851. The molecule has 2 aromatic rings. The number of ether oxygens (including phenoxy) is 1. The summed E-state index contributed by atoms with van der Waals surface area (Å²) in [6.07, 6.45) is 1.77. The number of rotatable bonds is 4. The Hall–Kier alpha value is -2.83. The van der Waals surface area contributed by atoms with Gasteiger partial charge in [-0.3, -0.25) is 14.3 Å². The number of amides is 2. The smallest absolute Gasteiger partial charge is 0.274 e. The average Bonchev–Trinajstić information content (AvgIpc) is 3.10. The maximum atomic E-state index is 12.5. The number of methoxy groups -OCH3 is 1. The highest BCUT2D eigenvalue weighted by Gasteiger charge is 2.29. The van der Waals surface area contributed by atoms with Crippen molar-refractivity contribution in [2.45, 2.75) is 13.5 Å². The third-order valence-electron chi connectivity index (χ3n) is 4.06. The minimum atomic E-state index is -0.208. The molecular weight excluding hydrogens is 308 g/mol. The van der Waals surface area contributed by atoms with Crippen molar-refractivity contribution in [3.8, 4) is 5.75 Å². The van der Waals surface area contributed by atoms with Crippen LogP contribution in [0, 0.1) is 0 Å². The number of hydrogen-bond donors (Lipinski definition) is 0. The van der Waals surface area contributed by atoms with Crippen LogP contribution in [0.15, 0.2) is 36.5 Å². The van der Waals surface area contributed by atoms with Crippen molar-refractivity contribution in [1.82, 2.24) is 14.7 Å². The van der Waals surface area contributed by atoms with Crippen molar-refractivity contribution < 1.29 is 14.3 Å². The molecule has 1 aromatic carbocycles. The second-order valence-corrected chi connectivity index (χ2v) is 5.53. The summed E-state index contributed by atoms with van der Waals surface area (Å²) in [5.41, 5.74) is 1.15. The van der Waals surface area contributed by atoms with E-state index in [0.717, 1.165) is 5.69 Å². The van der Waals surface area contributed by atoms with Gasteiger partial charge < -0.3 is 14.5 Å². The number of benzene rings is 1. The lowest BCUT2D eigenvalue weighted by Crippen LogP contribution is -2.52. The maximum absolute atomic E-state index is 12.5. The van der Waals surface area contributed by atoms with Crippen LogP contribution in [0.25, 0.3) is 0 Å². The molecule has 1 aliphatic heterocycles. The normalized spacial score (nSPS) is 14.8. The first-order valence-electron chi connectivity index (χ1n) is 7.89. The van der Waals surface area contributed by atoms with E-state index in [-0.39, 0.29) is 18.4 Å². The van der Waals surface area contributed by atoms with Crippen LogP contribution in [-0.4, -0.2) is 53.2 Å². The fraction of sp³-hybridized carbons (Fsp3) is 0.353. The third kappa shape index (κ3) is 3.10. The number of piperazine rings is 1. The summed E-state index contributed by atoms with van der Waals surface area (Å²) in [5.74, 6) is 0.377. The standard InChI is InChI=1S/C17H20N4O3/c1-3-20-8-7-15(18-20)17(23)19-9-10-21(16(22)12-19)13-5-4-6-14(11-13)24-2/h4-8,11H,3,9-10,12H2,1-2H3. The molecule has 1 saturated heterocycles. The Morgan fingerprint density at radius 2 is 2.12 bits per heavy atom. The van der Waals surface area contributed by atoms with Crippen LogP contribution in [0.1, 0.15) is 17.4 Å². The molecule has 0 aliphatic carbocycles. The van der Waals surface area contributed by atoms with E-state index in [1.165, 1.54) is 0 Å². The van der Waals surface area contributed by atoms with Gasteiger partial charge in [-0.25, -0.2) is 0 Å². The fourth-order valence-electron chi connectivity index (χ4n) is 2.71. The molecular formula is C17H20N4O3. The van der Waals surface area contributed by atoms with Crippen molar-refractivity contribution >= 4 is 17.5 Å². The molecule has 0 N–H and O–H groups in total. The van der Waals surface area contributed by atoms with Crippen molar-refractivity contribution in [1.29, 1.82) is 0 Å². The van der Waals surface area contributed by atoms with E-state index in [1.54, 1.807) is 33.9 Å². The summed E-state index contributed by atoms with van der Waals surface area (Å²) in [4.78, 5) is 28.2. The van der Waals surface area contributed by atoms with Crippen LogP contribution >= 0.6 is 0 Å². The molecule has 7 nitrogen and oxygen atoms in total. The molecule has 7 heteroatoms. The van der Waals surface area contributed by atoms with Crippen molar-refractivity contribution in [3.05, 3.63) is 42.2 Å². The number of carbonyl (C=O) groups is 2. The molecule has 1 fully saturated rings. The molecule has 0 bridgehead atoms. The van der Waals surface area contributed by atoms with Gasteiger partial charge >= 0.3 is 0 Å². The number of aryl methyl sites for hydroxylation is 1. The Morgan fingerprint density at radius 1 is 1.29 bits per heavy atom. The summed E-state index contributed by atoms with van der Waals surface area (Å²) in [5, 5.41) is 4.21. The van der Waals surface area contributed by atoms with Gasteiger partial charge in [0.25, 0.3) is 5.91 Å². The molecule has 126 valence electrons. The van der Waals surface area contributed by atoms with Gasteiger partial charge in [-0.1, -0.05) is 6.07 Å². The van der Waals surface area contributed by atoms with Crippen LogP contribution in [-0.2, 0) is 11.3 Å². The molecule has 1 aliphatic rings. The zero-order chi connectivity index (χ0) is 17.1. The van der Waals surface area contributed by atoms with Gasteiger partial charge in [0.1, 0.15) is 18.0 Å². The predicted octanol–water partition coefficient (Wildman–Crippen LogP) is 1.40. The van der Waals surface area contributed by atoms with E-state index in [9.17, 15) is 9.59 Å². The van der Waals surface area contributed by atoms with E-state index in [0.29, 0.717) is 31.1 Å². The first kappa shape index (κ1) is 16.0. The first-order valence-corrected chi connectivity index (χ1v) is 7.89. The largest absolute Gasteiger partial charge is 0.497 e. The van der Waals surface area contributed by atoms with Crippen molar-refractivity contribution in [3.63, 3.8) is 0 Å². The molecule has 0 radical (unpaired) electrons. The molecule has 1 aromatic heterocycles. The first-order chi connectivity index (χ1) is 11.6. The van der Waals surface area contributed by atoms with E-state index in [1.807, 2.05) is 31.2 Å². The lowest BCUT2D eigenvalue weighted by atomic mass is 10.2. The fourth-order valence-corrected chi connectivity index (χ4v) is 2.71. The number of anilines is 1. The minimum Gasteiger partial charge on any atom is -0.497 e. The number of aromatic nitrogens is 2. The van der Waals surface area contributed by atoms with E-state index < -0.39 is 0 Å². The molecule has 2 amide bonds. The molecule has 0 atom stereocenters. The maximum Gasteiger partial charge on any atom is 0.274 e. The monoisotopic (exact) mass is 328 g/mol. The van der Waals surface area contributed by atoms with Gasteiger partial charge in [-0.2, -0.15) is 5.10 Å². The van der Waals surface area contributed by atoms with Gasteiger partial charge in [0.2, 0.25) is 5.91 Å². The number of hydrogen-bond acceptors (Lipinski definition) is 4. The second-order valence-electron chi connectivity index (χ2n) is 5.53. The van der Waals surface area contributed by atoms with Crippen molar-refractivity contribution in [2.75, 3.05) is 31.6 Å². The molecule has 0 saturated carbocycles. The second kappa shape index (κ2) is 6.74. The Bertz CT molecular complexity index is 756. The topological polar surface area (TPSA) is 67.7 Å². The third-order valence-corrected chi connectivity index (χ3v) is 4.06. The zero-order valence-electron chi connectivity index (χ0n) is 13.8. The van der Waals surface area contributed by atoms with E-state index >= 15 is 0 Å². The number of carbonyl (C=O) groups excluding carboxylic acids is 2. The van der Waals surface area contributed by atoms with Crippen LogP contribution in [0.2, 0.25) is 0 Å². The van der Waals surface area contributed by atoms with Gasteiger partial charge in [0.15, 0.2) is 0 Å². The van der Waals surface area contributed by atoms with Crippen molar-refractivity contribution in [2.24, 2.45) is 0 Å². The average molecular weight is 328 g/mol. The SMILES string of the molecule is CCn1ccc(C(=O)N2CCN(c3cccc(OC)c3)C(=O)C2)n1. The van der Waals surface area contributed by atoms with E-state index in [2.05, 4.69) is 5.10 Å². The van der Waals surface area contributed by atoms with Gasteiger partial charge in [-0.15, -0.1) is 0 Å². The Labute approximate surface area is 140 Å². The minimum absolute atomic E-state index is 0.0506. The summed E-state index contributed by atoms with van der Waals surface area (Å²) in [6.45, 7) is 3.63. The molecule has 24 heavy (non-hydrogen) atoms. The van der Waals surface area contributed by atoms with Crippen LogP contribution < -0.4 is 9.64 Å². The van der Waals surface area contributed by atoms with Crippen LogP contribution in [0.4, 0.5) is 5.69 Å². The van der Waals surface area contributed by atoms with Gasteiger partial charge in [0, 0.05) is 37.6 Å². The predicted molar refractivity (Wildman–Crippen MR) is 89.2 cm³/mol. The van der Waals surface area contributed by atoms with Gasteiger partial charge in [0.05, 0.1) is 7.11 Å². The van der Waals surface area contributed by atoms with Crippen LogP contribution in [0.5, 0.6) is 5.75 Å². The lowest BCUT2D eigenvalue weighted by molar-refractivity contribution is -0.120. The van der Waals surface area contributed by atoms with Crippen LogP contribution in [0.3, 0.4) is 0 Å². The zero-order valence-corrected chi connectivity index (χ0v) is 13.8. The lowest BCUT2D eigenvalue weighted by Gasteiger charge is -2.34. The molecule has 0 unspecified atom stereocenters. The highest BCUT2D eigenvalue weighted by atomic mass is 16.5. The summed E-state index contributed by atoms with van der Waals surface area (Å²) >= 11 is 0. The highest BCUT2D eigenvalue weighted by molar-refractivity contribution is 6.01. The highest BCUT2D eigenvalue weighted by Crippen LogP contribution is 2.23. The summed E-state index contributed by atoms with van der Waals surface area (Å²) < 4.78 is 6.89. The molecule has 2 heterocycles.